The standard InChI is InChI=1S/C29H34F3N5O3/c1-18-14-25(40-2)22(20-7-9-34-27(18)20)16-36-13-12-35(11-8-29(30,31)32)17-24(36)19-5-6-21(28(33)39)23(15-19)37-10-3-4-26(37)38/h5-7,9,14-15,24,34H,3-4,8,10-13,16-17H2,1-2H3,(H2,33,39)/t24-/m1/s1. The van der Waals surface area contributed by atoms with Gasteiger partial charge in [-0.1, -0.05) is 6.07 Å². The number of H-pyrrole nitrogens is 1. The number of aromatic nitrogens is 1. The van der Waals surface area contributed by atoms with Gasteiger partial charge >= 0.3 is 6.18 Å². The van der Waals surface area contributed by atoms with Gasteiger partial charge in [0.2, 0.25) is 5.91 Å². The number of nitrogens with one attached hydrogen (secondary N) is 1. The van der Waals surface area contributed by atoms with Crippen LogP contribution >= 0.6 is 0 Å². The first-order valence-corrected chi connectivity index (χ1v) is 13.5. The number of anilines is 1. The lowest BCUT2D eigenvalue weighted by Gasteiger charge is -2.42. The fourth-order valence-electron chi connectivity index (χ4n) is 5.95. The molecule has 2 aromatic carbocycles. The average molecular weight is 558 g/mol. The number of piperazine rings is 1. The summed E-state index contributed by atoms with van der Waals surface area (Å²) in [4.78, 5) is 33.8. The van der Waals surface area contributed by atoms with Crippen molar-refractivity contribution in [2.45, 2.75) is 44.9 Å². The second-order valence-corrected chi connectivity index (χ2v) is 10.6. The van der Waals surface area contributed by atoms with Crippen LogP contribution in [0.1, 0.15) is 52.4 Å². The van der Waals surface area contributed by atoms with E-state index >= 15 is 0 Å². The van der Waals surface area contributed by atoms with Crippen molar-refractivity contribution in [3.8, 4) is 5.75 Å². The molecule has 3 heterocycles. The van der Waals surface area contributed by atoms with Crippen LogP contribution < -0.4 is 15.4 Å². The number of aryl methyl sites for hydroxylation is 1. The Hall–Kier alpha value is -3.57. The molecule has 2 amide bonds. The van der Waals surface area contributed by atoms with Crippen LogP contribution in [-0.2, 0) is 11.3 Å². The van der Waals surface area contributed by atoms with Crippen LogP contribution in [0.15, 0.2) is 36.5 Å². The third-order valence-corrected chi connectivity index (χ3v) is 8.02. The van der Waals surface area contributed by atoms with Gasteiger partial charge in [0, 0.05) is 74.4 Å². The number of alkyl halides is 3. The number of primary amides is 1. The molecule has 0 aliphatic carbocycles. The molecule has 8 nitrogen and oxygen atoms in total. The van der Waals surface area contributed by atoms with Crippen LogP contribution in [-0.4, -0.2) is 72.6 Å². The number of amides is 2. The Labute approximate surface area is 230 Å². The fourth-order valence-corrected chi connectivity index (χ4v) is 5.95. The lowest BCUT2D eigenvalue weighted by Crippen LogP contribution is -2.48. The van der Waals surface area contributed by atoms with E-state index in [1.54, 1.807) is 24.1 Å². The Morgan fingerprint density at radius 3 is 2.65 bits per heavy atom. The van der Waals surface area contributed by atoms with Crippen molar-refractivity contribution >= 4 is 28.4 Å². The van der Waals surface area contributed by atoms with E-state index in [0.29, 0.717) is 51.3 Å². The molecule has 2 aliphatic rings. The summed E-state index contributed by atoms with van der Waals surface area (Å²) in [5.74, 6) is 0.0364. The molecule has 3 aromatic rings. The van der Waals surface area contributed by atoms with Gasteiger partial charge in [-0.2, -0.15) is 13.2 Å². The van der Waals surface area contributed by atoms with Crippen molar-refractivity contribution < 1.29 is 27.5 Å². The smallest absolute Gasteiger partial charge is 0.390 e. The first-order chi connectivity index (χ1) is 19.1. The van der Waals surface area contributed by atoms with E-state index in [1.165, 1.54) is 0 Å². The van der Waals surface area contributed by atoms with Gasteiger partial charge in [-0.3, -0.25) is 19.4 Å². The summed E-state index contributed by atoms with van der Waals surface area (Å²) in [5.41, 5.74) is 10.2. The summed E-state index contributed by atoms with van der Waals surface area (Å²) >= 11 is 0. The lowest BCUT2D eigenvalue weighted by molar-refractivity contribution is -0.139. The lowest BCUT2D eigenvalue weighted by atomic mass is 9.97. The average Bonchev–Trinajstić information content (AvgIpc) is 3.58. The van der Waals surface area contributed by atoms with Crippen LogP contribution in [0.3, 0.4) is 0 Å². The van der Waals surface area contributed by atoms with Gasteiger partial charge < -0.3 is 20.4 Å². The highest BCUT2D eigenvalue weighted by Gasteiger charge is 2.34. The normalized spacial score (nSPS) is 19.1. The number of halogens is 3. The van der Waals surface area contributed by atoms with Gasteiger partial charge in [0.15, 0.2) is 0 Å². The van der Waals surface area contributed by atoms with E-state index in [-0.39, 0.29) is 24.1 Å². The number of methoxy groups -OCH3 is 1. The minimum Gasteiger partial charge on any atom is -0.496 e. The zero-order valence-electron chi connectivity index (χ0n) is 22.7. The van der Waals surface area contributed by atoms with Crippen LogP contribution in [0.4, 0.5) is 18.9 Å². The zero-order valence-corrected chi connectivity index (χ0v) is 22.7. The number of benzene rings is 2. The van der Waals surface area contributed by atoms with Crippen molar-refractivity contribution in [2.24, 2.45) is 5.73 Å². The molecular weight excluding hydrogens is 523 g/mol. The molecule has 1 atom stereocenters. The van der Waals surface area contributed by atoms with E-state index in [1.807, 2.05) is 36.2 Å². The Morgan fingerprint density at radius 1 is 1.18 bits per heavy atom. The second-order valence-electron chi connectivity index (χ2n) is 10.6. The summed E-state index contributed by atoms with van der Waals surface area (Å²) in [6.07, 6.45) is -2.17. The van der Waals surface area contributed by atoms with Gasteiger partial charge in [-0.05, 0) is 48.7 Å². The van der Waals surface area contributed by atoms with Crippen LogP contribution in [0.25, 0.3) is 10.9 Å². The summed E-state index contributed by atoms with van der Waals surface area (Å²) < 4.78 is 45.0. The van der Waals surface area contributed by atoms with Gasteiger partial charge in [0.1, 0.15) is 5.75 Å². The van der Waals surface area contributed by atoms with E-state index in [4.69, 9.17) is 10.5 Å². The Bertz CT molecular complexity index is 1420. The Balaban J connectivity index is 1.53. The maximum absolute atomic E-state index is 13.1. The molecule has 11 heteroatoms. The number of nitrogens with two attached hydrogens (primary N) is 1. The van der Waals surface area contributed by atoms with Gasteiger partial charge in [0.05, 0.1) is 24.8 Å². The monoisotopic (exact) mass is 557 g/mol. The van der Waals surface area contributed by atoms with E-state index < -0.39 is 18.5 Å². The number of hydrogen-bond donors (Lipinski definition) is 2. The number of carbonyl (C=O) groups excluding carboxylic acids is 2. The molecule has 2 aliphatic heterocycles. The maximum atomic E-state index is 13.1. The molecule has 2 fully saturated rings. The number of carbonyl (C=O) groups is 2. The molecule has 0 spiro atoms. The Morgan fingerprint density at radius 2 is 1.98 bits per heavy atom. The first kappa shape index (κ1) is 28.0. The summed E-state index contributed by atoms with van der Waals surface area (Å²) in [5, 5.41) is 1.03. The van der Waals surface area contributed by atoms with Crippen molar-refractivity contribution in [3.05, 3.63) is 58.8 Å². The quantitative estimate of drug-likeness (QED) is 0.425. The molecule has 0 unspecified atom stereocenters. The topological polar surface area (TPSA) is 94.9 Å². The number of nitrogens with zero attached hydrogens (tertiary/aromatic N) is 3. The molecule has 3 N–H and O–H groups in total. The van der Waals surface area contributed by atoms with Crippen LogP contribution in [0, 0.1) is 6.92 Å². The highest BCUT2D eigenvalue weighted by atomic mass is 19.4. The molecule has 0 radical (unpaired) electrons. The number of aromatic amines is 1. The van der Waals surface area contributed by atoms with Crippen molar-refractivity contribution in [3.63, 3.8) is 0 Å². The highest BCUT2D eigenvalue weighted by Crippen LogP contribution is 2.37. The number of ether oxygens (including phenoxy) is 1. The second kappa shape index (κ2) is 11.1. The third kappa shape index (κ3) is 5.66. The van der Waals surface area contributed by atoms with Crippen LogP contribution in [0.5, 0.6) is 5.75 Å². The fraction of sp³-hybridized carbons (Fsp3) is 0.448. The van der Waals surface area contributed by atoms with Crippen LogP contribution in [0.2, 0.25) is 0 Å². The third-order valence-electron chi connectivity index (χ3n) is 8.02. The maximum Gasteiger partial charge on any atom is 0.390 e. The molecular formula is C29H34F3N5O3. The minimum atomic E-state index is -4.24. The predicted molar refractivity (Wildman–Crippen MR) is 146 cm³/mol. The zero-order chi connectivity index (χ0) is 28.6. The van der Waals surface area contributed by atoms with Gasteiger partial charge in [-0.15, -0.1) is 0 Å². The molecule has 5 rings (SSSR count). The van der Waals surface area contributed by atoms with Crippen molar-refractivity contribution in [2.75, 3.05) is 44.7 Å². The molecule has 1 aromatic heterocycles. The number of fused-ring (bicyclic) bond motifs is 1. The molecule has 40 heavy (non-hydrogen) atoms. The largest absolute Gasteiger partial charge is 0.496 e. The number of rotatable bonds is 8. The number of hydrogen-bond acceptors (Lipinski definition) is 5. The van der Waals surface area contributed by atoms with Crippen molar-refractivity contribution in [1.29, 1.82) is 0 Å². The van der Waals surface area contributed by atoms with E-state index in [9.17, 15) is 22.8 Å². The van der Waals surface area contributed by atoms with E-state index in [0.717, 1.165) is 33.3 Å². The minimum absolute atomic E-state index is 0.0776. The first-order valence-electron chi connectivity index (χ1n) is 13.5. The SMILES string of the molecule is COc1cc(C)c2[nH]ccc2c1CN1CCN(CCC(F)(F)F)C[C@@H]1c1ccc(C(N)=O)c(N2CCCC2=O)c1. The van der Waals surface area contributed by atoms with Crippen molar-refractivity contribution in [1.82, 2.24) is 14.8 Å². The van der Waals surface area contributed by atoms with Gasteiger partial charge in [0.25, 0.3) is 5.91 Å². The molecule has 0 saturated carbocycles. The molecule has 0 bridgehead atoms. The summed E-state index contributed by atoms with van der Waals surface area (Å²) in [6.45, 7) is 4.28. The molecule has 214 valence electrons. The molecule has 2 saturated heterocycles. The van der Waals surface area contributed by atoms with Gasteiger partial charge in [-0.25, -0.2) is 0 Å². The summed E-state index contributed by atoms with van der Waals surface area (Å²) in [7, 11) is 1.63. The summed E-state index contributed by atoms with van der Waals surface area (Å²) in [6, 6.07) is 8.94. The predicted octanol–water partition coefficient (Wildman–Crippen LogP) is 4.52. The van der Waals surface area contributed by atoms with E-state index in [2.05, 4.69) is 9.88 Å². The highest BCUT2D eigenvalue weighted by molar-refractivity contribution is 6.05. The Kier molecular flexibility index (Phi) is 7.78.